The molecule has 0 aromatic heterocycles. The molecule has 3 nitrogen and oxygen atoms in total. The van der Waals surface area contributed by atoms with Crippen molar-refractivity contribution in [1.82, 2.24) is 0 Å². The molecule has 0 aliphatic carbocycles. The first-order valence-corrected chi connectivity index (χ1v) is 8.60. The summed E-state index contributed by atoms with van der Waals surface area (Å²) in [6, 6.07) is 13.4. The van der Waals surface area contributed by atoms with E-state index < -0.39 is 0 Å². The Morgan fingerprint density at radius 2 is 2.00 bits per heavy atom. The number of rotatable bonds is 7. The van der Waals surface area contributed by atoms with E-state index in [-0.39, 0.29) is 11.7 Å². The molecule has 0 aliphatic heterocycles. The van der Waals surface area contributed by atoms with Crippen molar-refractivity contribution in [2.45, 2.75) is 0 Å². The minimum absolute atomic E-state index is 0.153. The van der Waals surface area contributed by atoms with Crippen molar-refractivity contribution in [3.63, 3.8) is 0 Å². The largest absolute Gasteiger partial charge is 0.493 e. The number of thioether (sulfide) groups is 1. The second-order valence-corrected chi connectivity index (χ2v) is 6.43. The summed E-state index contributed by atoms with van der Waals surface area (Å²) >= 11 is 4.83. The van der Waals surface area contributed by atoms with Crippen LogP contribution in [0.4, 0.5) is 10.1 Å². The van der Waals surface area contributed by atoms with E-state index in [1.807, 2.05) is 24.3 Å². The van der Waals surface area contributed by atoms with Gasteiger partial charge in [0.25, 0.3) is 0 Å². The van der Waals surface area contributed by atoms with E-state index in [2.05, 4.69) is 21.2 Å². The monoisotopic (exact) mass is 383 g/mol. The Hall–Kier alpha value is -1.53. The van der Waals surface area contributed by atoms with Crippen molar-refractivity contribution < 1.29 is 13.9 Å². The van der Waals surface area contributed by atoms with Gasteiger partial charge in [0.1, 0.15) is 11.6 Å². The Labute approximate surface area is 141 Å². The van der Waals surface area contributed by atoms with Crippen LogP contribution >= 0.6 is 27.7 Å². The van der Waals surface area contributed by atoms with E-state index in [4.69, 9.17) is 4.74 Å². The first-order chi connectivity index (χ1) is 10.6. The Morgan fingerprint density at radius 1 is 1.23 bits per heavy atom. The number of halogens is 2. The molecular weight excluding hydrogens is 369 g/mol. The summed E-state index contributed by atoms with van der Waals surface area (Å²) in [5.41, 5.74) is 0.469. The molecule has 1 amide bonds. The summed E-state index contributed by atoms with van der Waals surface area (Å²) in [6.45, 7) is 0.527. The summed E-state index contributed by atoms with van der Waals surface area (Å²) in [4.78, 5) is 11.7. The molecule has 2 rings (SSSR count). The molecule has 0 fully saturated rings. The van der Waals surface area contributed by atoms with Gasteiger partial charge in [-0.25, -0.2) is 4.39 Å². The highest BCUT2D eigenvalue weighted by atomic mass is 79.9. The van der Waals surface area contributed by atoms with Gasteiger partial charge < -0.3 is 10.1 Å². The van der Waals surface area contributed by atoms with Crippen molar-refractivity contribution in [1.29, 1.82) is 0 Å². The second-order valence-electron chi connectivity index (χ2n) is 4.41. The molecule has 116 valence electrons. The molecule has 0 heterocycles. The number of nitrogens with one attached hydrogen (secondary N) is 1. The fourth-order valence-electron chi connectivity index (χ4n) is 1.68. The van der Waals surface area contributed by atoms with Crippen molar-refractivity contribution in [3.05, 3.63) is 58.8 Å². The van der Waals surface area contributed by atoms with Gasteiger partial charge in [0.2, 0.25) is 5.91 Å². The molecule has 0 radical (unpaired) electrons. The van der Waals surface area contributed by atoms with Crippen LogP contribution in [0, 0.1) is 5.82 Å². The van der Waals surface area contributed by atoms with Gasteiger partial charge in [-0.3, -0.25) is 4.79 Å². The molecule has 0 atom stereocenters. The molecule has 0 unspecified atom stereocenters. The molecule has 2 aromatic rings. The molecular formula is C16H15BrFNO2S. The SMILES string of the molecule is O=C(CSCCOc1ccc(Br)cc1)Nc1cccc(F)c1. The smallest absolute Gasteiger partial charge is 0.234 e. The fourth-order valence-corrected chi connectivity index (χ4v) is 2.54. The molecule has 2 aromatic carbocycles. The van der Waals surface area contributed by atoms with Crippen LogP contribution in [-0.4, -0.2) is 24.0 Å². The van der Waals surface area contributed by atoms with E-state index in [1.54, 1.807) is 12.1 Å². The summed E-state index contributed by atoms with van der Waals surface area (Å²) in [5.74, 6) is 1.29. The summed E-state index contributed by atoms with van der Waals surface area (Å²) < 4.78 is 19.5. The maximum atomic E-state index is 13.0. The lowest BCUT2D eigenvalue weighted by Crippen LogP contribution is -2.15. The minimum Gasteiger partial charge on any atom is -0.493 e. The molecule has 22 heavy (non-hydrogen) atoms. The average Bonchev–Trinajstić information content (AvgIpc) is 2.49. The first-order valence-electron chi connectivity index (χ1n) is 6.65. The van der Waals surface area contributed by atoms with Gasteiger partial charge in [-0.1, -0.05) is 22.0 Å². The molecule has 1 N–H and O–H groups in total. The summed E-state index contributed by atoms with van der Waals surface area (Å²) in [5, 5.41) is 2.65. The lowest BCUT2D eigenvalue weighted by atomic mass is 10.3. The van der Waals surface area contributed by atoms with Crippen LogP contribution in [-0.2, 0) is 4.79 Å². The lowest BCUT2D eigenvalue weighted by molar-refractivity contribution is -0.113. The molecule has 0 spiro atoms. The summed E-state index contributed by atoms with van der Waals surface area (Å²) in [6.07, 6.45) is 0. The number of carbonyl (C=O) groups is 1. The van der Waals surface area contributed by atoms with Gasteiger partial charge in [0.15, 0.2) is 0 Å². The predicted octanol–water partition coefficient (Wildman–Crippen LogP) is 4.34. The van der Waals surface area contributed by atoms with E-state index >= 15 is 0 Å². The van der Waals surface area contributed by atoms with Crippen LogP contribution in [0.1, 0.15) is 0 Å². The third-order valence-electron chi connectivity index (χ3n) is 2.65. The molecule has 0 bridgehead atoms. The quantitative estimate of drug-likeness (QED) is 0.722. The number of ether oxygens (including phenoxy) is 1. The van der Waals surface area contributed by atoms with E-state index in [1.165, 1.54) is 23.9 Å². The zero-order valence-electron chi connectivity index (χ0n) is 11.7. The van der Waals surface area contributed by atoms with Gasteiger partial charge in [-0.2, -0.15) is 0 Å². The maximum absolute atomic E-state index is 13.0. The van der Waals surface area contributed by atoms with Crippen LogP contribution in [0.2, 0.25) is 0 Å². The standard InChI is InChI=1S/C16H15BrFNO2S/c17-12-4-6-15(7-5-12)21-8-9-22-11-16(20)19-14-3-1-2-13(18)10-14/h1-7,10H,8-9,11H2,(H,19,20). The van der Waals surface area contributed by atoms with Gasteiger partial charge in [0, 0.05) is 15.9 Å². The van der Waals surface area contributed by atoms with Crippen LogP contribution in [0.3, 0.4) is 0 Å². The van der Waals surface area contributed by atoms with Crippen LogP contribution in [0.25, 0.3) is 0 Å². The highest BCUT2D eigenvalue weighted by molar-refractivity contribution is 9.10. The zero-order valence-corrected chi connectivity index (χ0v) is 14.1. The van der Waals surface area contributed by atoms with Gasteiger partial charge in [-0.05, 0) is 42.5 Å². The predicted molar refractivity (Wildman–Crippen MR) is 92.0 cm³/mol. The lowest BCUT2D eigenvalue weighted by Gasteiger charge is -2.07. The molecule has 0 aliphatic rings. The van der Waals surface area contributed by atoms with Gasteiger partial charge in [0.05, 0.1) is 12.4 Å². The molecule has 0 saturated heterocycles. The Bertz CT molecular complexity index is 622. The Kier molecular flexibility index (Phi) is 6.74. The zero-order chi connectivity index (χ0) is 15.8. The number of carbonyl (C=O) groups excluding carboxylic acids is 1. The normalized spacial score (nSPS) is 10.3. The van der Waals surface area contributed by atoms with E-state index in [0.29, 0.717) is 23.8 Å². The van der Waals surface area contributed by atoms with Crippen LogP contribution < -0.4 is 10.1 Å². The topological polar surface area (TPSA) is 38.3 Å². The fraction of sp³-hybridized carbons (Fsp3) is 0.188. The number of hydrogen-bond acceptors (Lipinski definition) is 3. The highest BCUT2D eigenvalue weighted by Crippen LogP contribution is 2.16. The molecule has 6 heteroatoms. The van der Waals surface area contributed by atoms with Crippen LogP contribution in [0.15, 0.2) is 53.0 Å². The van der Waals surface area contributed by atoms with Gasteiger partial charge in [-0.15, -0.1) is 11.8 Å². The van der Waals surface area contributed by atoms with Crippen molar-refractivity contribution in [2.24, 2.45) is 0 Å². The first kappa shape index (κ1) is 16.8. The van der Waals surface area contributed by atoms with E-state index in [0.717, 1.165) is 10.2 Å². The number of hydrogen-bond donors (Lipinski definition) is 1. The average molecular weight is 384 g/mol. The third kappa shape index (κ3) is 6.07. The van der Waals surface area contributed by atoms with E-state index in [9.17, 15) is 9.18 Å². The number of anilines is 1. The van der Waals surface area contributed by atoms with Crippen molar-refractivity contribution in [2.75, 3.05) is 23.4 Å². The van der Waals surface area contributed by atoms with Crippen LogP contribution in [0.5, 0.6) is 5.75 Å². The number of amides is 1. The second kappa shape index (κ2) is 8.80. The van der Waals surface area contributed by atoms with Crippen molar-refractivity contribution in [3.8, 4) is 5.75 Å². The molecule has 0 saturated carbocycles. The maximum Gasteiger partial charge on any atom is 0.234 e. The Balaban J connectivity index is 1.62. The minimum atomic E-state index is -0.367. The Morgan fingerprint density at radius 3 is 2.73 bits per heavy atom. The van der Waals surface area contributed by atoms with Gasteiger partial charge >= 0.3 is 0 Å². The number of benzene rings is 2. The van der Waals surface area contributed by atoms with Crippen molar-refractivity contribution >= 4 is 39.3 Å². The highest BCUT2D eigenvalue weighted by Gasteiger charge is 2.03. The third-order valence-corrected chi connectivity index (χ3v) is 4.10. The summed E-state index contributed by atoms with van der Waals surface area (Å²) in [7, 11) is 0.